The zero-order chi connectivity index (χ0) is 4.12. The van der Waals surface area contributed by atoms with E-state index in [1.54, 1.807) is 0 Å². The lowest BCUT2D eigenvalue weighted by atomic mass is 11.0. The van der Waals surface area contributed by atoms with Crippen LogP contribution in [0.3, 0.4) is 0 Å². The molecule has 0 unspecified atom stereocenters. The monoisotopic (exact) mass is 113 g/mol. The third kappa shape index (κ3) is 4.65. The van der Waals surface area contributed by atoms with Crippen LogP contribution >= 0.6 is 0 Å². The Morgan fingerprint density at radius 2 is 2.40 bits per heavy atom. The van der Waals surface area contributed by atoms with E-state index in [4.69, 9.17) is 0 Å². The minimum atomic E-state index is 0.991. The zero-order valence-electron chi connectivity index (χ0n) is 3.21. The maximum atomic E-state index is 3.39. The van der Waals surface area contributed by atoms with E-state index in [1.807, 2.05) is 0 Å². The summed E-state index contributed by atoms with van der Waals surface area (Å²) in [6.45, 7) is 2.20. The molecule has 5 heavy (non-hydrogen) atoms. The van der Waals surface area contributed by atoms with Gasteiger partial charge in [0, 0.05) is 27.4 Å². The molecule has 0 nitrogen and oxygen atoms in total. The number of rotatable bonds is 2. The predicted octanol–water partition coefficient (Wildman–Crippen LogP) is -0.169. The first-order valence-corrected chi connectivity index (χ1v) is 6.27. The first kappa shape index (κ1) is 5.65. The molecule has 25 valence electrons. The van der Waals surface area contributed by atoms with Crippen LogP contribution in [-0.2, 0) is 0 Å². The van der Waals surface area contributed by atoms with Crippen molar-refractivity contribution in [1.29, 1.82) is 0 Å². The molecule has 0 aromatic rings. The second-order valence-corrected chi connectivity index (χ2v) is 6.03. The van der Waals surface area contributed by atoms with Crippen molar-refractivity contribution in [3.8, 4) is 0 Å². The van der Waals surface area contributed by atoms with E-state index >= 15 is 0 Å². The Kier molecular flexibility index (Phi) is 5.26. The maximum Gasteiger partial charge on any atom is 0.0177 e. The highest BCUT2D eigenvalue weighted by molar-refractivity contribution is 7.23. The van der Waals surface area contributed by atoms with E-state index in [9.17, 15) is 0 Å². The van der Waals surface area contributed by atoms with Crippen LogP contribution in [0, 0.1) is 0 Å². The molecule has 0 spiro atoms. The second-order valence-electron chi connectivity index (χ2n) is 0.655. The molecule has 7 radical (unpaired) electrons. The molecule has 0 bridgehead atoms. The van der Waals surface area contributed by atoms with Crippen LogP contribution in [-0.4, -0.2) is 27.4 Å². The molecule has 3 heteroatoms. The Bertz CT molecular complexity index is 12.4. The van der Waals surface area contributed by atoms with Crippen LogP contribution in [0.5, 0.6) is 0 Å². The fourth-order valence-corrected chi connectivity index (χ4v) is 2.39. The molecule has 0 fully saturated rings. The molecule has 0 amide bonds. The van der Waals surface area contributed by atoms with Gasteiger partial charge in [-0.05, 0) is 0 Å². The van der Waals surface area contributed by atoms with Gasteiger partial charge in [0.15, 0.2) is 0 Å². The van der Waals surface area contributed by atoms with Crippen molar-refractivity contribution >= 4 is 27.4 Å². The summed E-state index contributed by atoms with van der Waals surface area (Å²) in [5, 5.41) is 0. The summed E-state index contributed by atoms with van der Waals surface area (Å²) in [7, 11) is 5.52. The first-order chi connectivity index (χ1) is 2.41. The lowest BCUT2D eigenvalue weighted by molar-refractivity contribution is 1.47. The SMILES string of the molecule is CC[Si][Si][Si]. The van der Waals surface area contributed by atoms with Gasteiger partial charge in [0.25, 0.3) is 0 Å². The Balaban J connectivity index is 2.19. The average Bonchev–Trinajstić information content (AvgIpc) is 1.41. The van der Waals surface area contributed by atoms with E-state index in [-0.39, 0.29) is 0 Å². The van der Waals surface area contributed by atoms with Gasteiger partial charge in [0.2, 0.25) is 0 Å². The van der Waals surface area contributed by atoms with E-state index < -0.39 is 0 Å². The predicted molar refractivity (Wildman–Crippen MR) is 27.7 cm³/mol. The fraction of sp³-hybridized carbons (Fsp3) is 1.00. The van der Waals surface area contributed by atoms with E-state index in [0.29, 0.717) is 0 Å². The van der Waals surface area contributed by atoms with E-state index in [1.165, 1.54) is 6.04 Å². The van der Waals surface area contributed by atoms with Crippen LogP contribution in [0.25, 0.3) is 0 Å². The Morgan fingerprint density at radius 1 is 1.80 bits per heavy atom. The Hall–Kier alpha value is 0.651. The van der Waals surface area contributed by atoms with Gasteiger partial charge < -0.3 is 0 Å². The quantitative estimate of drug-likeness (QED) is 0.436. The first-order valence-electron chi connectivity index (χ1n) is 1.56. The van der Waals surface area contributed by atoms with Crippen LogP contribution < -0.4 is 0 Å². The van der Waals surface area contributed by atoms with Crippen molar-refractivity contribution in [2.24, 2.45) is 0 Å². The fourth-order valence-electron chi connectivity index (χ4n) is 0.0884. The molecule has 0 saturated carbocycles. The maximum absolute atomic E-state index is 3.39. The van der Waals surface area contributed by atoms with Crippen molar-refractivity contribution in [3.63, 3.8) is 0 Å². The average molecular weight is 113 g/mol. The summed E-state index contributed by atoms with van der Waals surface area (Å²) < 4.78 is 0. The topological polar surface area (TPSA) is 0 Å². The molecule has 0 atom stereocenters. The molecule has 0 aromatic carbocycles. The molecule has 0 N–H and O–H groups in total. The van der Waals surface area contributed by atoms with Crippen LogP contribution in [0.15, 0.2) is 0 Å². The highest BCUT2D eigenvalue weighted by atomic mass is 29.5. The summed E-state index contributed by atoms with van der Waals surface area (Å²) in [6.07, 6.45) is 0. The molecular weight excluding hydrogens is 108 g/mol. The summed E-state index contributed by atoms with van der Waals surface area (Å²) in [5.41, 5.74) is 0. The largest absolute Gasteiger partial charge is 0.0684 e. The molecule has 0 heterocycles. The number of hydrogen-bond acceptors (Lipinski definition) is 0. The molecule has 0 rings (SSSR count). The molecular formula is C2H5Si3. The van der Waals surface area contributed by atoms with Gasteiger partial charge in [-0.3, -0.25) is 0 Å². The van der Waals surface area contributed by atoms with Gasteiger partial charge in [-0.25, -0.2) is 0 Å². The lowest BCUT2D eigenvalue weighted by Crippen LogP contribution is -1.98. The summed E-state index contributed by atoms with van der Waals surface area (Å²) in [4.78, 5) is 0. The normalized spacial score (nSPS) is 8.40. The van der Waals surface area contributed by atoms with Crippen LogP contribution in [0.1, 0.15) is 6.92 Å². The van der Waals surface area contributed by atoms with Gasteiger partial charge >= 0.3 is 0 Å². The van der Waals surface area contributed by atoms with Crippen LogP contribution in [0.2, 0.25) is 6.04 Å². The molecule has 0 aromatic heterocycles. The van der Waals surface area contributed by atoms with Crippen LogP contribution in [0.4, 0.5) is 0 Å². The van der Waals surface area contributed by atoms with Crippen molar-refractivity contribution in [2.75, 3.05) is 0 Å². The lowest BCUT2D eigenvalue weighted by Gasteiger charge is -1.75. The Labute approximate surface area is 41.0 Å². The highest BCUT2D eigenvalue weighted by Gasteiger charge is 1.72. The molecule has 0 saturated heterocycles. The van der Waals surface area contributed by atoms with Crippen molar-refractivity contribution in [2.45, 2.75) is 13.0 Å². The zero-order valence-corrected chi connectivity index (χ0v) is 6.21. The van der Waals surface area contributed by atoms with E-state index in [0.717, 1.165) is 17.6 Å². The third-order valence-electron chi connectivity index (χ3n) is 0.265. The molecule has 0 aliphatic carbocycles. The molecule has 0 aliphatic rings. The van der Waals surface area contributed by atoms with Gasteiger partial charge in [0.05, 0.1) is 0 Å². The summed E-state index contributed by atoms with van der Waals surface area (Å²) in [5.74, 6) is 0. The van der Waals surface area contributed by atoms with E-state index in [2.05, 4.69) is 16.7 Å². The van der Waals surface area contributed by atoms with Gasteiger partial charge in [-0.1, -0.05) is 13.0 Å². The second kappa shape index (κ2) is 4.65. The Morgan fingerprint density at radius 3 is 2.40 bits per heavy atom. The van der Waals surface area contributed by atoms with Gasteiger partial charge in [-0.2, -0.15) is 0 Å². The molecule has 0 aliphatic heterocycles. The summed E-state index contributed by atoms with van der Waals surface area (Å²) in [6, 6.07) is 1.34. The van der Waals surface area contributed by atoms with Gasteiger partial charge in [0.1, 0.15) is 0 Å². The van der Waals surface area contributed by atoms with Gasteiger partial charge in [-0.15, -0.1) is 0 Å². The highest BCUT2D eigenvalue weighted by Crippen LogP contribution is 1.63. The third-order valence-corrected chi connectivity index (χ3v) is 3.98. The van der Waals surface area contributed by atoms with Crippen molar-refractivity contribution < 1.29 is 0 Å². The van der Waals surface area contributed by atoms with Crippen molar-refractivity contribution in [1.82, 2.24) is 0 Å². The standard InChI is InChI=1S/C2H5Si3/c1-2-4-5-3/h2H2,1H3. The minimum absolute atomic E-state index is 0.991. The number of hydrogen-bond donors (Lipinski definition) is 0. The minimum Gasteiger partial charge on any atom is -0.0684 e. The van der Waals surface area contributed by atoms with Crippen molar-refractivity contribution in [3.05, 3.63) is 0 Å². The smallest absolute Gasteiger partial charge is 0.0177 e. The summed E-state index contributed by atoms with van der Waals surface area (Å²) >= 11 is 0.